The highest BCUT2D eigenvalue weighted by molar-refractivity contribution is 9.10. The Morgan fingerprint density at radius 1 is 1.32 bits per heavy atom. The molecule has 0 unspecified atom stereocenters. The van der Waals surface area contributed by atoms with E-state index in [4.69, 9.17) is 4.74 Å². The molecule has 114 valence electrons. The quantitative estimate of drug-likeness (QED) is 0.647. The number of nitro benzene ring substituents is 1. The fraction of sp³-hybridized carbons (Fsp3) is 0.133. The molecular weight excluding hydrogens is 352 g/mol. The largest absolute Gasteiger partial charge is 0.477 e. The summed E-state index contributed by atoms with van der Waals surface area (Å²) < 4.78 is 6.10. The summed E-state index contributed by atoms with van der Waals surface area (Å²) in [7, 11) is 0. The van der Waals surface area contributed by atoms with E-state index in [0.29, 0.717) is 5.69 Å². The van der Waals surface area contributed by atoms with E-state index in [1.54, 1.807) is 18.2 Å². The lowest BCUT2D eigenvalue weighted by Crippen LogP contribution is -2.20. The van der Waals surface area contributed by atoms with E-state index in [0.717, 1.165) is 10.0 Å². The summed E-state index contributed by atoms with van der Waals surface area (Å²) in [6.07, 6.45) is 0. The Kier molecular flexibility index (Phi) is 5.11. The molecule has 0 aliphatic carbocycles. The predicted molar refractivity (Wildman–Crippen MR) is 86.1 cm³/mol. The number of halogens is 1. The molecule has 0 radical (unpaired) electrons. The summed E-state index contributed by atoms with van der Waals surface area (Å²) in [5, 5.41) is 13.5. The highest BCUT2D eigenvalue weighted by atomic mass is 79.9. The van der Waals surface area contributed by atoms with E-state index in [1.807, 2.05) is 13.0 Å². The monoisotopic (exact) mass is 364 g/mol. The molecule has 22 heavy (non-hydrogen) atoms. The van der Waals surface area contributed by atoms with Gasteiger partial charge in [0.15, 0.2) is 12.4 Å². The van der Waals surface area contributed by atoms with Crippen molar-refractivity contribution in [2.24, 2.45) is 0 Å². The fourth-order valence-corrected chi connectivity index (χ4v) is 2.12. The van der Waals surface area contributed by atoms with Gasteiger partial charge in [0, 0.05) is 16.2 Å². The SMILES string of the molecule is Cc1ccc(NC(=O)COc2ccccc2[N+](=O)[O-])cc1Br. The van der Waals surface area contributed by atoms with Crippen LogP contribution in [-0.4, -0.2) is 17.4 Å². The zero-order valence-electron chi connectivity index (χ0n) is 11.7. The van der Waals surface area contributed by atoms with E-state index in [-0.39, 0.29) is 18.0 Å². The number of para-hydroxylation sites is 2. The van der Waals surface area contributed by atoms with E-state index in [9.17, 15) is 14.9 Å². The number of carbonyl (C=O) groups excluding carboxylic acids is 1. The number of amides is 1. The Balaban J connectivity index is 1.98. The van der Waals surface area contributed by atoms with Crippen LogP contribution in [0.15, 0.2) is 46.9 Å². The minimum atomic E-state index is -0.551. The Morgan fingerprint density at radius 3 is 2.73 bits per heavy atom. The van der Waals surface area contributed by atoms with Crippen LogP contribution in [0.1, 0.15) is 5.56 Å². The number of ether oxygens (including phenoxy) is 1. The summed E-state index contributed by atoms with van der Waals surface area (Å²) in [6, 6.07) is 11.3. The van der Waals surface area contributed by atoms with E-state index in [1.165, 1.54) is 18.2 Å². The number of carbonyl (C=O) groups is 1. The lowest BCUT2D eigenvalue weighted by Gasteiger charge is -2.08. The van der Waals surface area contributed by atoms with Gasteiger partial charge in [-0.05, 0) is 30.7 Å². The summed E-state index contributed by atoms with van der Waals surface area (Å²) >= 11 is 3.38. The van der Waals surface area contributed by atoms with Crippen LogP contribution >= 0.6 is 15.9 Å². The molecule has 2 rings (SSSR count). The second kappa shape index (κ2) is 7.04. The Bertz CT molecular complexity index is 718. The van der Waals surface area contributed by atoms with E-state index in [2.05, 4.69) is 21.2 Å². The summed E-state index contributed by atoms with van der Waals surface area (Å²) in [5.74, 6) is -0.332. The van der Waals surface area contributed by atoms with E-state index < -0.39 is 10.8 Å². The first-order valence-corrected chi connectivity index (χ1v) is 7.19. The lowest BCUT2D eigenvalue weighted by molar-refractivity contribution is -0.385. The van der Waals surface area contributed by atoms with Gasteiger partial charge in [0.1, 0.15) is 0 Å². The van der Waals surface area contributed by atoms with Gasteiger partial charge < -0.3 is 10.1 Å². The third-order valence-corrected chi connectivity index (χ3v) is 3.73. The van der Waals surface area contributed by atoms with Crippen LogP contribution in [0.25, 0.3) is 0 Å². The maximum atomic E-state index is 11.8. The number of nitrogens with one attached hydrogen (secondary N) is 1. The maximum Gasteiger partial charge on any atom is 0.310 e. The molecule has 0 spiro atoms. The average Bonchev–Trinajstić information content (AvgIpc) is 2.49. The molecule has 0 heterocycles. The lowest BCUT2D eigenvalue weighted by atomic mass is 10.2. The first-order chi connectivity index (χ1) is 10.5. The van der Waals surface area contributed by atoms with Crippen molar-refractivity contribution in [2.45, 2.75) is 6.92 Å². The molecular formula is C15H13BrN2O4. The van der Waals surface area contributed by atoms with Crippen molar-refractivity contribution >= 4 is 33.2 Å². The normalized spacial score (nSPS) is 10.1. The number of benzene rings is 2. The minimum Gasteiger partial charge on any atom is -0.477 e. The molecule has 0 fully saturated rings. The molecule has 0 saturated heterocycles. The first-order valence-electron chi connectivity index (χ1n) is 6.39. The number of nitrogens with zero attached hydrogens (tertiary/aromatic N) is 1. The van der Waals surface area contributed by atoms with Gasteiger partial charge in [0.25, 0.3) is 5.91 Å². The Labute approximate surface area is 135 Å². The van der Waals surface area contributed by atoms with Crippen molar-refractivity contribution in [3.63, 3.8) is 0 Å². The van der Waals surface area contributed by atoms with Crippen LogP contribution < -0.4 is 10.1 Å². The van der Waals surface area contributed by atoms with Gasteiger partial charge in [-0.2, -0.15) is 0 Å². The number of hydrogen-bond donors (Lipinski definition) is 1. The molecule has 7 heteroatoms. The number of nitro groups is 1. The van der Waals surface area contributed by atoms with Gasteiger partial charge in [0.05, 0.1) is 4.92 Å². The maximum absolute atomic E-state index is 11.8. The number of hydrogen-bond acceptors (Lipinski definition) is 4. The molecule has 0 aliphatic rings. The molecule has 2 aromatic rings. The van der Waals surface area contributed by atoms with Gasteiger partial charge in [-0.15, -0.1) is 0 Å². The first kappa shape index (κ1) is 16.0. The van der Waals surface area contributed by atoms with Crippen LogP contribution in [-0.2, 0) is 4.79 Å². The molecule has 1 N–H and O–H groups in total. The summed E-state index contributed by atoms with van der Waals surface area (Å²) in [6.45, 7) is 1.63. The van der Waals surface area contributed by atoms with Gasteiger partial charge in [-0.3, -0.25) is 14.9 Å². The standard InChI is InChI=1S/C15H13BrN2O4/c1-10-6-7-11(8-12(10)16)17-15(19)9-22-14-5-3-2-4-13(14)18(20)21/h2-8H,9H2,1H3,(H,17,19). The highest BCUT2D eigenvalue weighted by Crippen LogP contribution is 2.26. The number of aryl methyl sites for hydroxylation is 1. The topological polar surface area (TPSA) is 81.5 Å². The molecule has 0 aliphatic heterocycles. The number of anilines is 1. The molecule has 0 bridgehead atoms. The van der Waals surface area contributed by atoms with Gasteiger partial charge in [0.2, 0.25) is 0 Å². The third-order valence-electron chi connectivity index (χ3n) is 2.88. The van der Waals surface area contributed by atoms with Gasteiger partial charge in [-0.1, -0.05) is 34.1 Å². The molecule has 1 amide bonds. The van der Waals surface area contributed by atoms with Crippen LogP contribution in [0, 0.1) is 17.0 Å². The van der Waals surface area contributed by atoms with Crippen molar-refractivity contribution < 1.29 is 14.5 Å². The molecule has 0 aromatic heterocycles. The van der Waals surface area contributed by atoms with Gasteiger partial charge in [-0.25, -0.2) is 0 Å². The zero-order valence-corrected chi connectivity index (χ0v) is 13.3. The third kappa shape index (κ3) is 4.05. The minimum absolute atomic E-state index is 0.0627. The summed E-state index contributed by atoms with van der Waals surface area (Å²) in [5.41, 5.74) is 1.50. The van der Waals surface area contributed by atoms with Crippen molar-refractivity contribution in [3.05, 3.63) is 62.6 Å². The van der Waals surface area contributed by atoms with Crippen LogP contribution in [0.4, 0.5) is 11.4 Å². The van der Waals surface area contributed by atoms with Crippen LogP contribution in [0.2, 0.25) is 0 Å². The van der Waals surface area contributed by atoms with Crippen molar-refractivity contribution in [1.29, 1.82) is 0 Å². The second-order valence-corrected chi connectivity index (χ2v) is 5.38. The zero-order chi connectivity index (χ0) is 16.1. The molecule has 6 nitrogen and oxygen atoms in total. The average molecular weight is 365 g/mol. The van der Waals surface area contributed by atoms with Crippen molar-refractivity contribution in [3.8, 4) is 5.75 Å². The van der Waals surface area contributed by atoms with Crippen molar-refractivity contribution in [2.75, 3.05) is 11.9 Å². The summed E-state index contributed by atoms with van der Waals surface area (Å²) in [4.78, 5) is 22.1. The van der Waals surface area contributed by atoms with Gasteiger partial charge >= 0.3 is 5.69 Å². The van der Waals surface area contributed by atoms with Crippen molar-refractivity contribution in [1.82, 2.24) is 0 Å². The Morgan fingerprint density at radius 2 is 2.05 bits per heavy atom. The highest BCUT2D eigenvalue weighted by Gasteiger charge is 2.15. The molecule has 0 atom stereocenters. The smallest absolute Gasteiger partial charge is 0.310 e. The Hall–Kier alpha value is -2.41. The van der Waals surface area contributed by atoms with Crippen LogP contribution in [0.5, 0.6) is 5.75 Å². The second-order valence-electron chi connectivity index (χ2n) is 4.53. The molecule has 0 saturated carbocycles. The predicted octanol–water partition coefficient (Wildman–Crippen LogP) is 3.68. The van der Waals surface area contributed by atoms with E-state index >= 15 is 0 Å². The molecule has 2 aromatic carbocycles. The number of rotatable bonds is 5. The fourth-order valence-electron chi connectivity index (χ4n) is 1.74. The van der Waals surface area contributed by atoms with Crippen LogP contribution in [0.3, 0.4) is 0 Å².